The molecule has 3 aromatic rings. The minimum absolute atomic E-state index is 0.346. The molecule has 0 amide bonds. The molecular formula is C16H14F3N3O2S. The van der Waals surface area contributed by atoms with E-state index in [-0.39, 0.29) is 0 Å². The highest BCUT2D eigenvalue weighted by atomic mass is 32.2. The van der Waals surface area contributed by atoms with Gasteiger partial charge in [0, 0.05) is 11.9 Å². The van der Waals surface area contributed by atoms with Gasteiger partial charge in [0.15, 0.2) is 22.3 Å². The van der Waals surface area contributed by atoms with Crippen molar-refractivity contribution in [3.63, 3.8) is 0 Å². The van der Waals surface area contributed by atoms with Crippen LogP contribution < -0.4 is 9.47 Å². The Kier molecular flexibility index (Phi) is 5.03. The summed E-state index contributed by atoms with van der Waals surface area (Å²) in [5.41, 5.74) is -0.381. The summed E-state index contributed by atoms with van der Waals surface area (Å²) >= 11 is 1.26. The summed E-state index contributed by atoms with van der Waals surface area (Å²) in [5.74, 6) is 1.72. The van der Waals surface area contributed by atoms with Crippen molar-refractivity contribution < 1.29 is 22.6 Å². The third kappa shape index (κ3) is 3.98. The summed E-state index contributed by atoms with van der Waals surface area (Å²) in [4.78, 5) is 0. The number of aromatic nitrogens is 3. The molecule has 0 saturated carbocycles. The first kappa shape index (κ1) is 17.4. The van der Waals surface area contributed by atoms with Gasteiger partial charge in [-0.2, -0.15) is 13.2 Å². The van der Waals surface area contributed by atoms with Crippen LogP contribution >= 0.6 is 11.8 Å². The number of methoxy groups -OCH3 is 1. The topological polar surface area (TPSA) is 48.7 Å². The molecule has 3 rings (SSSR count). The van der Waals surface area contributed by atoms with Crippen molar-refractivity contribution in [3.05, 3.63) is 48.2 Å². The highest BCUT2D eigenvalue weighted by Crippen LogP contribution is 2.30. The Bertz CT molecular complexity index is 867. The average Bonchev–Trinajstić information content (AvgIpc) is 3.00. The zero-order valence-corrected chi connectivity index (χ0v) is 14.0. The summed E-state index contributed by atoms with van der Waals surface area (Å²) in [6.07, 6.45) is -3.41. The molecule has 25 heavy (non-hydrogen) atoms. The number of thioether (sulfide) groups is 1. The van der Waals surface area contributed by atoms with Crippen LogP contribution in [-0.4, -0.2) is 34.1 Å². The van der Waals surface area contributed by atoms with Gasteiger partial charge < -0.3 is 9.47 Å². The van der Waals surface area contributed by atoms with Crippen LogP contribution in [-0.2, 0) is 6.18 Å². The molecule has 2 aromatic heterocycles. The second-order valence-corrected chi connectivity index (χ2v) is 6.04. The molecule has 1 aromatic carbocycles. The first-order valence-electron chi connectivity index (χ1n) is 7.29. The van der Waals surface area contributed by atoms with E-state index >= 15 is 0 Å². The van der Waals surface area contributed by atoms with Crippen molar-refractivity contribution in [2.75, 3.05) is 19.5 Å². The van der Waals surface area contributed by atoms with Gasteiger partial charge in [-0.3, -0.25) is 4.40 Å². The van der Waals surface area contributed by atoms with Crippen LogP contribution in [0.1, 0.15) is 5.56 Å². The smallest absolute Gasteiger partial charge is 0.417 e. The number of rotatable bonds is 6. The van der Waals surface area contributed by atoms with Gasteiger partial charge in [0.05, 0.1) is 19.3 Å². The van der Waals surface area contributed by atoms with E-state index in [0.717, 1.165) is 12.3 Å². The Morgan fingerprint density at radius 2 is 1.84 bits per heavy atom. The molecule has 5 nitrogen and oxygen atoms in total. The third-order valence-corrected chi connectivity index (χ3v) is 4.25. The summed E-state index contributed by atoms with van der Waals surface area (Å²) in [6.45, 7) is 0.346. The molecule has 0 radical (unpaired) electrons. The maximum absolute atomic E-state index is 12.8. The van der Waals surface area contributed by atoms with Gasteiger partial charge in [0.1, 0.15) is 0 Å². The van der Waals surface area contributed by atoms with E-state index in [0.29, 0.717) is 34.7 Å². The lowest BCUT2D eigenvalue weighted by Crippen LogP contribution is -2.06. The quantitative estimate of drug-likeness (QED) is 0.487. The van der Waals surface area contributed by atoms with Gasteiger partial charge in [-0.05, 0) is 24.3 Å². The van der Waals surface area contributed by atoms with E-state index in [1.54, 1.807) is 19.2 Å². The molecule has 0 bridgehead atoms. The van der Waals surface area contributed by atoms with Crippen molar-refractivity contribution in [2.24, 2.45) is 0 Å². The molecular weight excluding hydrogens is 355 g/mol. The van der Waals surface area contributed by atoms with Gasteiger partial charge in [-0.15, -0.1) is 10.2 Å². The predicted molar refractivity (Wildman–Crippen MR) is 87.2 cm³/mol. The van der Waals surface area contributed by atoms with Crippen LogP contribution in [0.15, 0.2) is 47.8 Å². The Labute approximate surface area is 145 Å². The van der Waals surface area contributed by atoms with Crippen molar-refractivity contribution in [3.8, 4) is 11.5 Å². The van der Waals surface area contributed by atoms with E-state index in [2.05, 4.69) is 10.2 Å². The predicted octanol–water partition coefficient (Wildman–Crippen LogP) is 3.93. The minimum Gasteiger partial charge on any atom is -0.493 e. The molecule has 9 heteroatoms. The van der Waals surface area contributed by atoms with Crippen LogP contribution in [0.25, 0.3) is 5.65 Å². The van der Waals surface area contributed by atoms with E-state index < -0.39 is 11.7 Å². The zero-order valence-electron chi connectivity index (χ0n) is 13.2. The fraction of sp³-hybridized carbons (Fsp3) is 0.250. The van der Waals surface area contributed by atoms with Crippen molar-refractivity contribution >= 4 is 17.4 Å². The summed E-state index contributed by atoms with van der Waals surface area (Å²) < 4.78 is 50.6. The number of fused-ring (bicyclic) bond motifs is 1. The van der Waals surface area contributed by atoms with Crippen LogP contribution in [0.3, 0.4) is 0 Å². The van der Waals surface area contributed by atoms with Crippen LogP contribution in [0.2, 0.25) is 0 Å². The van der Waals surface area contributed by atoms with Crippen LogP contribution in [0, 0.1) is 0 Å². The monoisotopic (exact) mass is 369 g/mol. The first-order chi connectivity index (χ1) is 12.0. The van der Waals surface area contributed by atoms with Gasteiger partial charge >= 0.3 is 6.18 Å². The van der Waals surface area contributed by atoms with Gasteiger partial charge in [-0.1, -0.05) is 23.9 Å². The number of para-hydroxylation sites is 2. The Hall–Kier alpha value is -2.42. The summed E-state index contributed by atoms with van der Waals surface area (Å²) in [6, 6.07) is 9.52. The molecule has 0 N–H and O–H groups in total. The summed E-state index contributed by atoms with van der Waals surface area (Å²) in [5, 5.41) is 8.17. The number of ether oxygens (including phenoxy) is 2. The number of alkyl halides is 3. The number of hydrogen-bond acceptors (Lipinski definition) is 5. The van der Waals surface area contributed by atoms with E-state index in [1.807, 2.05) is 12.1 Å². The highest BCUT2D eigenvalue weighted by molar-refractivity contribution is 7.99. The van der Waals surface area contributed by atoms with Crippen molar-refractivity contribution in [2.45, 2.75) is 11.3 Å². The van der Waals surface area contributed by atoms with E-state index in [1.165, 1.54) is 22.2 Å². The van der Waals surface area contributed by atoms with Crippen LogP contribution in [0.4, 0.5) is 13.2 Å². The fourth-order valence-corrected chi connectivity index (χ4v) is 2.89. The fourth-order valence-electron chi connectivity index (χ4n) is 2.16. The van der Waals surface area contributed by atoms with Crippen molar-refractivity contribution in [1.82, 2.24) is 14.6 Å². The second kappa shape index (κ2) is 7.22. The molecule has 0 fully saturated rings. The molecule has 2 heterocycles. The number of benzene rings is 1. The SMILES string of the molecule is COc1ccccc1OCCSc1nnc2ccc(C(F)(F)F)cn12. The maximum Gasteiger partial charge on any atom is 0.417 e. The number of halogens is 3. The normalized spacial score (nSPS) is 11.7. The Morgan fingerprint density at radius 3 is 2.56 bits per heavy atom. The van der Waals surface area contributed by atoms with Gasteiger partial charge in [0.25, 0.3) is 0 Å². The molecule has 0 spiro atoms. The van der Waals surface area contributed by atoms with Gasteiger partial charge in [0.2, 0.25) is 0 Å². The van der Waals surface area contributed by atoms with Crippen LogP contribution in [0.5, 0.6) is 11.5 Å². The Balaban J connectivity index is 1.65. The second-order valence-electron chi connectivity index (χ2n) is 4.97. The highest BCUT2D eigenvalue weighted by Gasteiger charge is 2.31. The van der Waals surface area contributed by atoms with E-state index in [9.17, 15) is 13.2 Å². The summed E-state index contributed by atoms with van der Waals surface area (Å²) in [7, 11) is 1.55. The molecule has 132 valence electrons. The molecule has 0 unspecified atom stereocenters. The molecule has 0 saturated heterocycles. The average molecular weight is 369 g/mol. The number of pyridine rings is 1. The minimum atomic E-state index is -4.41. The molecule has 0 aliphatic carbocycles. The maximum atomic E-state index is 12.8. The number of hydrogen-bond donors (Lipinski definition) is 0. The number of nitrogens with zero attached hydrogens (tertiary/aromatic N) is 3. The molecule has 0 aliphatic rings. The third-order valence-electron chi connectivity index (χ3n) is 3.34. The van der Waals surface area contributed by atoms with Crippen molar-refractivity contribution in [1.29, 1.82) is 0 Å². The lowest BCUT2D eigenvalue weighted by Gasteiger charge is -2.10. The zero-order chi connectivity index (χ0) is 17.9. The standard InChI is InChI=1S/C16H14F3N3O2S/c1-23-12-4-2-3-5-13(12)24-8-9-25-15-21-20-14-7-6-11(10-22(14)15)16(17,18)19/h2-7,10H,8-9H2,1H3. The lowest BCUT2D eigenvalue weighted by atomic mass is 10.3. The van der Waals surface area contributed by atoms with E-state index in [4.69, 9.17) is 9.47 Å². The largest absolute Gasteiger partial charge is 0.493 e. The first-order valence-corrected chi connectivity index (χ1v) is 8.28. The van der Waals surface area contributed by atoms with Gasteiger partial charge in [-0.25, -0.2) is 0 Å². The lowest BCUT2D eigenvalue weighted by molar-refractivity contribution is -0.137. The molecule has 0 atom stereocenters. The Morgan fingerprint density at radius 1 is 1.08 bits per heavy atom. The molecule has 0 aliphatic heterocycles.